The first-order valence-electron chi connectivity index (χ1n) is 30.5. The highest BCUT2D eigenvalue weighted by atomic mass is 31.2. The van der Waals surface area contributed by atoms with E-state index < -0.39 is 57.8 Å². The second-order valence-electron chi connectivity index (χ2n) is 20.5. The molecule has 0 aliphatic rings. The average Bonchev–Trinajstić information content (AvgIpc) is 3.39. The highest BCUT2D eigenvalue weighted by molar-refractivity contribution is 7.47. The summed E-state index contributed by atoms with van der Waals surface area (Å²) < 4.78 is 39.6. The first-order chi connectivity index (χ1) is 36.2. The van der Waals surface area contributed by atoms with Crippen LogP contribution in [0, 0.1) is 0 Å². The van der Waals surface area contributed by atoms with Crippen LogP contribution in [-0.4, -0.2) is 66.5 Å². The normalized spacial score (nSPS) is 13.6. The molecule has 0 amide bonds. The van der Waals surface area contributed by atoms with Crippen LogP contribution in [0.2, 0.25) is 0 Å². The Hall–Kier alpha value is -2.56. The molecule has 0 heterocycles. The van der Waals surface area contributed by atoms with Crippen molar-refractivity contribution in [2.75, 3.05) is 26.4 Å². The van der Waals surface area contributed by atoms with Crippen molar-refractivity contribution < 1.29 is 52.2 Å². The summed E-state index contributed by atoms with van der Waals surface area (Å²) in [7, 11) is -4.75. The molecule has 0 aromatic carbocycles. The van der Waals surface area contributed by atoms with Gasteiger partial charge in [-0.1, -0.05) is 217 Å². The zero-order chi connectivity index (χ0) is 54.1. The molecule has 0 spiro atoms. The van der Waals surface area contributed by atoms with E-state index in [1.807, 2.05) is 0 Å². The molecular formula is C62H113O11P. The van der Waals surface area contributed by atoms with Gasteiger partial charge in [0.05, 0.1) is 19.8 Å². The van der Waals surface area contributed by atoms with E-state index >= 15 is 0 Å². The third kappa shape index (κ3) is 54.2. The van der Waals surface area contributed by atoms with Crippen LogP contribution in [0.25, 0.3) is 0 Å². The number of ether oxygens (including phenoxy) is 3. The Morgan fingerprint density at radius 1 is 0.378 bits per heavy atom. The van der Waals surface area contributed by atoms with Gasteiger partial charge in [-0.05, 0) is 103 Å². The summed E-state index contributed by atoms with van der Waals surface area (Å²) in [6.07, 6.45) is 60.6. The maximum atomic E-state index is 12.9. The number of esters is 3. The Balaban J connectivity index is 4.72. The molecule has 0 radical (unpaired) electrons. The molecule has 0 aromatic heterocycles. The maximum Gasteiger partial charge on any atom is 0.472 e. The number of aliphatic hydroxyl groups is 1. The maximum absolute atomic E-state index is 12.9. The van der Waals surface area contributed by atoms with Crippen molar-refractivity contribution in [1.82, 2.24) is 0 Å². The number of phosphoric ester groups is 1. The lowest BCUT2D eigenvalue weighted by atomic mass is 10.1. The predicted molar refractivity (Wildman–Crippen MR) is 307 cm³/mol. The van der Waals surface area contributed by atoms with Gasteiger partial charge in [0.15, 0.2) is 6.10 Å². The molecule has 3 unspecified atom stereocenters. The van der Waals surface area contributed by atoms with Crippen molar-refractivity contribution in [3.05, 3.63) is 48.6 Å². The molecule has 0 fully saturated rings. The fourth-order valence-electron chi connectivity index (χ4n) is 8.49. The number of rotatable bonds is 57. The highest BCUT2D eigenvalue weighted by Crippen LogP contribution is 2.43. The summed E-state index contributed by atoms with van der Waals surface area (Å²) >= 11 is 0. The molecule has 0 saturated carbocycles. The third-order valence-corrected chi connectivity index (χ3v) is 14.1. The summed E-state index contributed by atoms with van der Waals surface area (Å²) in [5.41, 5.74) is 0. The van der Waals surface area contributed by atoms with Crippen LogP contribution in [0.1, 0.15) is 290 Å². The molecule has 2 N–H and O–H groups in total. The molecule has 0 aromatic rings. The molecule has 432 valence electrons. The van der Waals surface area contributed by atoms with Crippen LogP contribution < -0.4 is 0 Å². The number of hydrogen-bond acceptors (Lipinski definition) is 10. The second kappa shape index (κ2) is 56.6. The zero-order valence-electron chi connectivity index (χ0n) is 47.8. The summed E-state index contributed by atoms with van der Waals surface area (Å²) in [5.74, 6) is -1.48. The van der Waals surface area contributed by atoms with E-state index in [4.69, 9.17) is 23.3 Å². The summed E-state index contributed by atoms with van der Waals surface area (Å²) in [5, 5.41) is 9.82. The predicted octanol–water partition coefficient (Wildman–Crippen LogP) is 18.1. The van der Waals surface area contributed by atoms with Gasteiger partial charge in [-0.2, -0.15) is 0 Å². The molecule has 3 atom stereocenters. The molecule has 12 heteroatoms. The number of aliphatic hydroxyl groups excluding tert-OH is 1. The van der Waals surface area contributed by atoms with Gasteiger partial charge in [-0.3, -0.25) is 23.4 Å². The Kier molecular flexibility index (Phi) is 54.7. The quantitative estimate of drug-likeness (QED) is 0.0197. The monoisotopic (exact) mass is 1060 g/mol. The lowest BCUT2D eigenvalue weighted by Crippen LogP contribution is -2.30. The Labute approximate surface area is 453 Å². The Morgan fingerprint density at radius 2 is 0.662 bits per heavy atom. The minimum Gasteiger partial charge on any atom is -0.462 e. The average molecular weight is 1070 g/mol. The van der Waals surface area contributed by atoms with Gasteiger partial charge >= 0.3 is 25.7 Å². The van der Waals surface area contributed by atoms with Crippen LogP contribution >= 0.6 is 7.82 Å². The minimum absolute atomic E-state index is 0.163. The van der Waals surface area contributed by atoms with Gasteiger partial charge in [0.2, 0.25) is 0 Å². The first-order valence-corrected chi connectivity index (χ1v) is 32.0. The fourth-order valence-corrected chi connectivity index (χ4v) is 9.28. The molecule has 11 nitrogen and oxygen atoms in total. The zero-order valence-corrected chi connectivity index (χ0v) is 48.7. The van der Waals surface area contributed by atoms with Gasteiger partial charge in [-0.25, -0.2) is 4.57 Å². The van der Waals surface area contributed by atoms with Crippen LogP contribution in [0.15, 0.2) is 48.6 Å². The summed E-state index contributed by atoms with van der Waals surface area (Å²) in [4.78, 5) is 48.6. The van der Waals surface area contributed by atoms with E-state index in [9.17, 15) is 28.9 Å². The van der Waals surface area contributed by atoms with Crippen LogP contribution in [-0.2, 0) is 42.2 Å². The molecule has 0 bridgehead atoms. The van der Waals surface area contributed by atoms with Gasteiger partial charge in [-0.15, -0.1) is 0 Å². The summed E-state index contributed by atoms with van der Waals surface area (Å²) in [6, 6.07) is 0. The third-order valence-electron chi connectivity index (χ3n) is 13.2. The first kappa shape index (κ1) is 71.4. The van der Waals surface area contributed by atoms with E-state index in [0.29, 0.717) is 19.3 Å². The Morgan fingerprint density at radius 3 is 1.05 bits per heavy atom. The number of phosphoric acid groups is 1. The number of carbonyl (C=O) groups is 3. The van der Waals surface area contributed by atoms with E-state index in [1.54, 1.807) is 0 Å². The van der Waals surface area contributed by atoms with Crippen molar-refractivity contribution in [2.24, 2.45) is 0 Å². The van der Waals surface area contributed by atoms with Crippen molar-refractivity contribution in [1.29, 1.82) is 0 Å². The van der Waals surface area contributed by atoms with Crippen LogP contribution in [0.3, 0.4) is 0 Å². The Bertz CT molecular complexity index is 1430. The number of hydrogen-bond donors (Lipinski definition) is 2. The van der Waals surface area contributed by atoms with Gasteiger partial charge in [0, 0.05) is 19.3 Å². The fraction of sp³-hybridized carbons (Fsp3) is 0.823. The molecular weight excluding hydrogens is 952 g/mol. The van der Waals surface area contributed by atoms with E-state index in [-0.39, 0.29) is 25.9 Å². The van der Waals surface area contributed by atoms with Gasteiger partial charge < -0.3 is 24.2 Å². The molecule has 0 rings (SSSR count). The van der Waals surface area contributed by atoms with Gasteiger partial charge in [0.1, 0.15) is 12.7 Å². The molecule has 0 aliphatic carbocycles. The lowest BCUT2D eigenvalue weighted by Gasteiger charge is -2.21. The largest absolute Gasteiger partial charge is 0.472 e. The number of unbranched alkanes of at least 4 members (excludes halogenated alkanes) is 32. The van der Waals surface area contributed by atoms with E-state index in [2.05, 4.69) is 69.4 Å². The summed E-state index contributed by atoms with van der Waals surface area (Å²) in [6.45, 7) is 4.61. The lowest BCUT2D eigenvalue weighted by molar-refractivity contribution is -0.161. The van der Waals surface area contributed by atoms with Gasteiger partial charge in [0.25, 0.3) is 0 Å². The minimum atomic E-state index is -4.75. The van der Waals surface area contributed by atoms with Crippen molar-refractivity contribution in [2.45, 2.75) is 303 Å². The molecule has 0 aliphatic heterocycles. The van der Waals surface area contributed by atoms with Crippen LogP contribution in [0.5, 0.6) is 0 Å². The topological polar surface area (TPSA) is 155 Å². The number of carbonyl (C=O) groups excluding carboxylic acids is 3. The van der Waals surface area contributed by atoms with Crippen molar-refractivity contribution >= 4 is 25.7 Å². The second-order valence-corrected chi connectivity index (χ2v) is 22.0. The van der Waals surface area contributed by atoms with Crippen molar-refractivity contribution in [3.63, 3.8) is 0 Å². The van der Waals surface area contributed by atoms with E-state index in [0.717, 1.165) is 103 Å². The smallest absolute Gasteiger partial charge is 0.462 e. The number of allylic oxidation sites excluding steroid dienone is 8. The molecule has 0 saturated heterocycles. The standard InChI is InChI=1S/C62H113O11P/c1-4-7-10-13-16-19-22-25-27-28-29-30-32-35-38-41-44-47-50-53-62(66)73-59(55-69-60(64)51-48-45-42-39-36-34-31-26-23-20-17-14-11-8-5-2)57-71-74(67,68)70-56-58(54-63)72-61(65)52-49-46-43-40-37-33-24-21-18-15-12-9-6-3/h17,20-21,24-27,31,58-59,63H,4-16,18-19,22-23,28-30,32-57H2,1-3H3,(H,67,68)/b20-17-,24-21-,27-25-,31-26-. The highest BCUT2D eigenvalue weighted by Gasteiger charge is 2.28. The van der Waals surface area contributed by atoms with Crippen molar-refractivity contribution in [3.8, 4) is 0 Å². The van der Waals surface area contributed by atoms with Crippen LogP contribution in [0.4, 0.5) is 0 Å². The molecule has 74 heavy (non-hydrogen) atoms. The SMILES string of the molecule is CCCCC/C=C\C/C=C\CCCCCCCC(=O)OCC(COP(=O)(O)OCC(CO)OC(=O)CCCCCCC/C=C\CCCCCC)OC(=O)CCCCCCCCCCC/C=C\CCCCCCCC. The van der Waals surface area contributed by atoms with E-state index in [1.165, 1.54) is 128 Å².